The lowest BCUT2D eigenvalue weighted by Gasteiger charge is -2.27. The number of likely N-dealkylation sites (tertiary alicyclic amines) is 1. The van der Waals surface area contributed by atoms with Gasteiger partial charge in [0.1, 0.15) is 23.8 Å². The van der Waals surface area contributed by atoms with Crippen LogP contribution in [0.2, 0.25) is 5.02 Å². The minimum Gasteiger partial charge on any atom is -0.493 e. The zero-order chi connectivity index (χ0) is 27.2. The van der Waals surface area contributed by atoms with Crippen molar-refractivity contribution in [3.8, 4) is 11.5 Å². The van der Waals surface area contributed by atoms with Crippen molar-refractivity contribution in [3.63, 3.8) is 0 Å². The molecular weight excluding hydrogens is 509 g/mol. The molecule has 0 saturated carbocycles. The maximum absolute atomic E-state index is 14.1. The van der Waals surface area contributed by atoms with Gasteiger partial charge in [-0.05, 0) is 62.2 Å². The zero-order valence-electron chi connectivity index (χ0n) is 22.1. The van der Waals surface area contributed by atoms with Crippen LogP contribution in [0.25, 0.3) is 0 Å². The Balaban J connectivity index is 1.39. The van der Waals surface area contributed by atoms with Gasteiger partial charge in [0.15, 0.2) is 11.5 Å². The van der Waals surface area contributed by atoms with Crippen molar-refractivity contribution in [2.24, 2.45) is 0 Å². The van der Waals surface area contributed by atoms with E-state index in [9.17, 15) is 9.18 Å². The number of nitrogens with zero attached hydrogens (tertiary/aromatic N) is 3. The van der Waals surface area contributed by atoms with Crippen LogP contribution in [0.1, 0.15) is 41.8 Å². The number of benzene rings is 2. The van der Waals surface area contributed by atoms with E-state index in [1.54, 1.807) is 37.6 Å². The lowest BCUT2D eigenvalue weighted by atomic mass is 10.1. The highest BCUT2D eigenvalue weighted by Crippen LogP contribution is 2.31. The lowest BCUT2D eigenvalue weighted by molar-refractivity contribution is 0.0378. The van der Waals surface area contributed by atoms with Crippen molar-refractivity contribution in [2.45, 2.75) is 45.6 Å². The average Bonchev–Trinajstić information content (AvgIpc) is 3.36. The molecule has 0 N–H and O–H groups in total. The molecule has 7 nitrogen and oxygen atoms in total. The number of pyridine rings is 1. The number of anilines is 1. The quantitative estimate of drug-likeness (QED) is 0.303. The molecule has 0 bridgehead atoms. The maximum atomic E-state index is 14.1. The van der Waals surface area contributed by atoms with Gasteiger partial charge < -0.3 is 19.1 Å². The van der Waals surface area contributed by atoms with Gasteiger partial charge in [0, 0.05) is 44.5 Å². The van der Waals surface area contributed by atoms with Crippen molar-refractivity contribution < 1.29 is 23.4 Å². The van der Waals surface area contributed by atoms with Crippen LogP contribution in [-0.2, 0) is 17.9 Å². The van der Waals surface area contributed by atoms with Gasteiger partial charge in [0.25, 0.3) is 0 Å². The van der Waals surface area contributed by atoms with Crippen LogP contribution < -0.4 is 14.4 Å². The van der Waals surface area contributed by atoms with E-state index in [-0.39, 0.29) is 24.7 Å². The summed E-state index contributed by atoms with van der Waals surface area (Å²) in [6, 6.07) is 14.0. The standard InChI is InChI=1S/C29H33ClFN3O4/c1-19(2)38-29(35)22-7-6-13-32-28(22)33(3)21-12-14-34(17-21)16-20-10-11-26(27(15-20)36-4)37-18-23-24(30)8-5-9-25(23)31/h5-11,13,15,19,21H,12,14,16-18H2,1-4H3/t21-/m0/s1. The molecule has 0 radical (unpaired) electrons. The first-order valence-corrected chi connectivity index (χ1v) is 13.0. The summed E-state index contributed by atoms with van der Waals surface area (Å²) in [4.78, 5) is 21.5. The topological polar surface area (TPSA) is 64.1 Å². The molecule has 3 aromatic rings. The summed E-state index contributed by atoms with van der Waals surface area (Å²) in [5.41, 5.74) is 1.85. The van der Waals surface area contributed by atoms with Crippen LogP contribution in [0.3, 0.4) is 0 Å². The third-order valence-corrected chi connectivity index (χ3v) is 6.90. The number of ether oxygens (including phenoxy) is 3. The fraction of sp³-hybridized carbons (Fsp3) is 0.379. The van der Waals surface area contributed by atoms with E-state index < -0.39 is 5.82 Å². The molecule has 1 aliphatic heterocycles. The first-order chi connectivity index (χ1) is 18.3. The number of hydrogen-bond acceptors (Lipinski definition) is 7. The van der Waals surface area contributed by atoms with Gasteiger partial charge in [-0.2, -0.15) is 0 Å². The first kappa shape index (κ1) is 27.7. The number of likely N-dealkylation sites (N-methyl/N-ethyl adjacent to an activating group) is 1. The van der Waals surface area contributed by atoms with Crippen LogP contribution >= 0.6 is 11.6 Å². The van der Waals surface area contributed by atoms with Crippen molar-refractivity contribution in [1.29, 1.82) is 0 Å². The first-order valence-electron chi connectivity index (χ1n) is 12.6. The molecule has 2 aromatic carbocycles. The Hall–Kier alpha value is -3.36. The summed E-state index contributed by atoms with van der Waals surface area (Å²) in [6.07, 6.45) is 2.43. The Labute approximate surface area is 228 Å². The van der Waals surface area contributed by atoms with Gasteiger partial charge in [-0.25, -0.2) is 14.2 Å². The van der Waals surface area contributed by atoms with Gasteiger partial charge in [0.05, 0.1) is 18.2 Å². The van der Waals surface area contributed by atoms with Gasteiger partial charge in [-0.1, -0.05) is 23.7 Å². The number of esters is 1. The Morgan fingerprint density at radius 2 is 2.03 bits per heavy atom. The average molecular weight is 542 g/mol. The largest absolute Gasteiger partial charge is 0.493 e. The smallest absolute Gasteiger partial charge is 0.342 e. The molecule has 0 spiro atoms. The normalized spacial score (nSPS) is 15.5. The highest BCUT2D eigenvalue weighted by Gasteiger charge is 2.29. The number of halogens is 2. The molecule has 38 heavy (non-hydrogen) atoms. The molecule has 1 fully saturated rings. The van der Waals surface area contributed by atoms with Crippen LogP contribution in [0.4, 0.5) is 10.2 Å². The molecule has 202 valence electrons. The third-order valence-electron chi connectivity index (χ3n) is 6.55. The number of carbonyl (C=O) groups is 1. The SMILES string of the molecule is COc1cc(CN2CC[C@H](N(C)c3ncccc3C(=O)OC(C)C)C2)ccc1OCc1c(F)cccc1Cl. The van der Waals surface area contributed by atoms with Crippen molar-refractivity contribution in [3.05, 3.63) is 82.3 Å². The summed E-state index contributed by atoms with van der Waals surface area (Å²) in [5, 5.41) is 0.323. The zero-order valence-corrected chi connectivity index (χ0v) is 22.9. The monoisotopic (exact) mass is 541 g/mol. The van der Waals surface area contributed by atoms with Crippen molar-refractivity contribution in [2.75, 3.05) is 32.1 Å². The Kier molecular flexibility index (Phi) is 9.07. The van der Waals surface area contributed by atoms with Gasteiger partial charge in [0.2, 0.25) is 0 Å². The maximum Gasteiger partial charge on any atom is 0.342 e. The summed E-state index contributed by atoms with van der Waals surface area (Å²) < 4.78 is 30.9. The minimum atomic E-state index is -0.406. The Morgan fingerprint density at radius 3 is 2.76 bits per heavy atom. The second kappa shape index (κ2) is 12.5. The molecule has 9 heteroatoms. The number of aromatic nitrogens is 1. The van der Waals surface area contributed by atoms with E-state index in [4.69, 9.17) is 25.8 Å². The van der Waals surface area contributed by atoms with Crippen LogP contribution in [0.5, 0.6) is 11.5 Å². The number of rotatable bonds is 10. The van der Waals surface area contributed by atoms with E-state index in [0.717, 1.165) is 31.6 Å². The number of methoxy groups -OCH3 is 1. The molecule has 1 atom stereocenters. The van der Waals surface area contributed by atoms with E-state index in [1.165, 1.54) is 6.07 Å². The summed E-state index contributed by atoms with van der Waals surface area (Å²) in [7, 11) is 3.55. The molecule has 4 rings (SSSR count). The fourth-order valence-electron chi connectivity index (χ4n) is 4.57. The fourth-order valence-corrected chi connectivity index (χ4v) is 4.79. The molecule has 1 aliphatic rings. The number of carbonyl (C=O) groups excluding carboxylic acids is 1. The third kappa shape index (κ3) is 6.55. The molecule has 1 saturated heterocycles. The highest BCUT2D eigenvalue weighted by atomic mass is 35.5. The van der Waals surface area contributed by atoms with Gasteiger partial charge >= 0.3 is 5.97 Å². The van der Waals surface area contributed by atoms with Crippen molar-refractivity contribution >= 4 is 23.4 Å². The summed E-state index contributed by atoms with van der Waals surface area (Å²) in [5.74, 6) is 0.950. The van der Waals surface area contributed by atoms with Gasteiger partial charge in [-0.3, -0.25) is 4.90 Å². The number of hydrogen-bond donors (Lipinski definition) is 0. The van der Waals surface area contributed by atoms with E-state index in [2.05, 4.69) is 14.8 Å². The van der Waals surface area contributed by atoms with Crippen molar-refractivity contribution in [1.82, 2.24) is 9.88 Å². The van der Waals surface area contributed by atoms with Crippen LogP contribution in [-0.4, -0.2) is 55.2 Å². The van der Waals surface area contributed by atoms with Gasteiger partial charge in [-0.15, -0.1) is 0 Å². The molecule has 1 aromatic heterocycles. The lowest BCUT2D eigenvalue weighted by Crippen LogP contribution is -2.36. The second-order valence-corrected chi connectivity index (χ2v) is 10.00. The second-order valence-electron chi connectivity index (χ2n) is 9.59. The molecular formula is C29H33ClFN3O4. The predicted octanol–water partition coefficient (Wildman–Crippen LogP) is 5.74. The highest BCUT2D eigenvalue weighted by molar-refractivity contribution is 6.31. The Morgan fingerprint density at radius 1 is 1.21 bits per heavy atom. The molecule has 0 aliphatic carbocycles. The van der Waals surface area contributed by atoms with E-state index in [1.807, 2.05) is 39.1 Å². The summed E-state index contributed by atoms with van der Waals surface area (Å²) >= 11 is 6.12. The molecule has 0 amide bonds. The predicted molar refractivity (Wildman–Crippen MR) is 146 cm³/mol. The Bertz CT molecular complexity index is 1250. The molecule has 2 heterocycles. The van der Waals surface area contributed by atoms with E-state index in [0.29, 0.717) is 33.5 Å². The molecule has 0 unspecified atom stereocenters. The van der Waals surface area contributed by atoms with E-state index >= 15 is 0 Å². The van der Waals surface area contributed by atoms with Crippen LogP contribution in [0.15, 0.2) is 54.7 Å². The van der Waals surface area contributed by atoms with Crippen LogP contribution in [0, 0.1) is 5.82 Å². The minimum absolute atomic E-state index is 0.00156. The summed E-state index contributed by atoms with van der Waals surface area (Å²) in [6.45, 7) is 6.11.